The van der Waals surface area contributed by atoms with Crippen LogP contribution in [0.25, 0.3) is 0 Å². The second-order valence-corrected chi connectivity index (χ2v) is 3.91. The van der Waals surface area contributed by atoms with Crippen molar-refractivity contribution in [3.05, 3.63) is 71.8 Å². The first-order valence-electron chi connectivity index (χ1n) is 5.31. The number of hydrogen-bond donors (Lipinski definition) is 1. The zero-order valence-corrected chi connectivity index (χ0v) is 9.39. The third kappa shape index (κ3) is 1.85. The van der Waals surface area contributed by atoms with Gasteiger partial charge in [0.25, 0.3) is 0 Å². The van der Waals surface area contributed by atoms with Crippen LogP contribution in [0.2, 0.25) is 0 Å². The molecular weight excluding hydrogens is 198 g/mol. The molecule has 0 aliphatic carbocycles. The van der Waals surface area contributed by atoms with Gasteiger partial charge in [-0.05, 0) is 18.1 Å². The summed E-state index contributed by atoms with van der Waals surface area (Å²) in [6, 6.07) is 20.2. The Kier molecular flexibility index (Phi) is 3.04. The summed E-state index contributed by atoms with van der Waals surface area (Å²) in [6.07, 6.45) is 0. The number of hydrogen-bond acceptors (Lipinski definition) is 1. The first kappa shape index (κ1) is 10.9. The van der Waals surface area contributed by atoms with Crippen molar-refractivity contribution in [3.8, 4) is 0 Å². The van der Waals surface area contributed by atoms with Crippen molar-refractivity contribution in [2.24, 2.45) is 0 Å². The normalized spacial score (nSPS) is 11.4. The summed E-state index contributed by atoms with van der Waals surface area (Å²) in [5, 5.41) is 0. The minimum atomic E-state index is -0.484. The lowest BCUT2D eigenvalue weighted by molar-refractivity contribution is -0.716. The zero-order chi connectivity index (χ0) is 11.4. The highest BCUT2D eigenvalue weighted by Gasteiger charge is 2.31. The smallest absolute Gasteiger partial charge is 0.174 e. The maximum atomic E-state index is 5.46. The number of benzene rings is 2. The van der Waals surface area contributed by atoms with Gasteiger partial charge in [0.2, 0.25) is 0 Å². The van der Waals surface area contributed by atoms with E-state index in [2.05, 4.69) is 30.2 Å². The summed E-state index contributed by atoms with van der Waals surface area (Å²) in [6.45, 7) is 2.03. The van der Waals surface area contributed by atoms with Gasteiger partial charge < -0.3 is 0 Å². The fourth-order valence-corrected chi connectivity index (χ4v) is 1.85. The summed E-state index contributed by atoms with van der Waals surface area (Å²) in [7, 11) is 0. The van der Waals surface area contributed by atoms with E-state index >= 15 is 0 Å². The van der Waals surface area contributed by atoms with E-state index in [1.807, 2.05) is 43.3 Å². The molecule has 0 atom stereocenters. The molecule has 0 aliphatic rings. The Balaban J connectivity index is 2.49. The molecule has 82 valence electrons. The fraction of sp³-hybridized carbons (Fsp3) is 0.143. The maximum absolute atomic E-state index is 5.46. The van der Waals surface area contributed by atoms with Crippen LogP contribution in [-0.2, 0) is 10.4 Å². The Morgan fingerprint density at radius 1 is 0.812 bits per heavy atom. The van der Waals surface area contributed by atoms with Gasteiger partial charge >= 0.3 is 0 Å². The lowest BCUT2D eigenvalue weighted by atomic mass is 9.88. The Hall–Kier alpha value is -1.64. The van der Waals surface area contributed by atoms with Gasteiger partial charge in [0, 0.05) is 0 Å². The lowest BCUT2D eigenvalue weighted by Gasteiger charge is -2.25. The highest BCUT2D eigenvalue weighted by Crippen LogP contribution is 2.30. The van der Waals surface area contributed by atoms with E-state index < -0.39 is 5.60 Å². The molecule has 0 fully saturated rings. The summed E-state index contributed by atoms with van der Waals surface area (Å²) >= 11 is 0. The van der Waals surface area contributed by atoms with E-state index in [0.717, 1.165) is 11.1 Å². The van der Waals surface area contributed by atoms with E-state index in [0.29, 0.717) is 0 Å². The van der Waals surface area contributed by atoms with Gasteiger partial charge in [0.1, 0.15) is 0 Å². The predicted octanol–water partition coefficient (Wildman–Crippen LogP) is 2.12. The average molecular weight is 214 g/mol. The highest BCUT2D eigenvalue weighted by molar-refractivity contribution is 5.34. The van der Waals surface area contributed by atoms with Gasteiger partial charge in [-0.3, -0.25) is 0 Å². The second kappa shape index (κ2) is 4.47. The molecule has 0 aliphatic heterocycles. The molecule has 0 amide bonds. The topological polar surface area (TPSA) is 36.9 Å². The minimum absolute atomic E-state index is 0.484. The molecule has 0 saturated carbocycles. The van der Waals surface area contributed by atoms with Gasteiger partial charge in [-0.2, -0.15) is 4.84 Å². The van der Waals surface area contributed by atoms with Crippen LogP contribution in [-0.4, -0.2) is 0 Å². The van der Waals surface area contributed by atoms with Crippen LogP contribution >= 0.6 is 0 Å². The van der Waals surface area contributed by atoms with Crippen LogP contribution < -0.4 is 5.90 Å². The molecule has 2 aromatic carbocycles. The van der Waals surface area contributed by atoms with Crippen molar-refractivity contribution in [1.82, 2.24) is 0 Å². The zero-order valence-electron chi connectivity index (χ0n) is 9.39. The largest absolute Gasteiger partial charge is 0.211 e. The molecule has 0 heterocycles. The van der Waals surface area contributed by atoms with Gasteiger partial charge in [-0.1, -0.05) is 60.7 Å². The molecule has 0 saturated heterocycles. The monoisotopic (exact) mass is 214 g/mol. The highest BCUT2D eigenvalue weighted by atomic mass is 16.6. The number of quaternary nitrogens is 1. The van der Waals surface area contributed by atoms with Crippen LogP contribution in [0.5, 0.6) is 0 Å². The molecule has 0 unspecified atom stereocenters. The van der Waals surface area contributed by atoms with E-state index in [-0.39, 0.29) is 0 Å². The molecule has 0 aromatic heterocycles. The standard InChI is InChI=1S/C14H16NO/c1-14(16-15,12-8-4-2-5-9-12)13-10-6-3-7-11-13/h2-11H,1,15H3/q+1. The van der Waals surface area contributed by atoms with Gasteiger partial charge in [-0.25, -0.2) is 5.90 Å². The van der Waals surface area contributed by atoms with Crippen molar-refractivity contribution in [3.63, 3.8) is 0 Å². The quantitative estimate of drug-likeness (QED) is 0.781. The molecule has 2 aromatic rings. The van der Waals surface area contributed by atoms with Crippen LogP contribution in [0.4, 0.5) is 0 Å². The Morgan fingerprint density at radius 2 is 1.19 bits per heavy atom. The first-order chi connectivity index (χ1) is 7.77. The van der Waals surface area contributed by atoms with E-state index in [1.54, 1.807) is 0 Å². The Morgan fingerprint density at radius 3 is 1.50 bits per heavy atom. The molecule has 0 radical (unpaired) electrons. The number of rotatable bonds is 3. The Labute approximate surface area is 95.6 Å². The molecule has 3 N–H and O–H groups in total. The Bertz CT molecular complexity index is 399. The van der Waals surface area contributed by atoms with Crippen LogP contribution in [0.3, 0.4) is 0 Å². The maximum Gasteiger partial charge on any atom is 0.174 e. The van der Waals surface area contributed by atoms with E-state index in [1.165, 1.54) is 0 Å². The predicted molar refractivity (Wildman–Crippen MR) is 63.3 cm³/mol. The van der Waals surface area contributed by atoms with Crippen molar-refractivity contribution in [2.45, 2.75) is 12.5 Å². The van der Waals surface area contributed by atoms with Crippen molar-refractivity contribution in [1.29, 1.82) is 0 Å². The van der Waals surface area contributed by atoms with Crippen molar-refractivity contribution in [2.75, 3.05) is 0 Å². The second-order valence-electron chi connectivity index (χ2n) is 3.91. The fourth-order valence-electron chi connectivity index (χ4n) is 1.85. The van der Waals surface area contributed by atoms with Crippen molar-refractivity contribution >= 4 is 0 Å². The summed E-state index contributed by atoms with van der Waals surface area (Å²) < 4.78 is 0. The molecule has 2 heteroatoms. The molecule has 0 bridgehead atoms. The first-order valence-corrected chi connectivity index (χ1v) is 5.31. The van der Waals surface area contributed by atoms with Gasteiger partial charge in [-0.15, -0.1) is 0 Å². The molecule has 2 nitrogen and oxygen atoms in total. The SMILES string of the molecule is CC(O[NH3+])(c1ccccc1)c1ccccc1. The van der Waals surface area contributed by atoms with Gasteiger partial charge in [0.15, 0.2) is 5.60 Å². The van der Waals surface area contributed by atoms with Crippen LogP contribution in [0, 0.1) is 0 Å². The van der Waals surface area contributed by atoms with Crippen molar-refractivity contribution < 1.29 is 10.7 Å². The molecule has 0 spiro atoms. The average Bonchev–Trinajstić information content (AvgIpc) is 2.40. The van der Waals surface area contributed by atoms with E-state index in [4.69, 9.17) is 4.84 Å². The minimum Gasteiger partial charge on any atom is -0.211 e. The van der Waals surface area contributed by atoms with Crippen LogP contribution in [0.1, 0.15) is 18.1 Å². The van der Waals surface area contributed by atoms with Crippen LogP contribution in [0.15, 0.2) is 60.7 Å². The molecular formula is C14H16NO+. The van der Waals surface area contributed by atoms with E-state index in [9.17, 15) is 0 Å². The molecule has 2 rings (SSSR count). The third-order valence-corrected chi connectivity index (χ3v) is 2.94. The third-order valence-electron chi connectivity index (χ3n) is 2.94. The molecule has 16 heavy (non-hydrogen) atoms. The van der Waals surface area contributed by atoms with Gasteiger partial charge in [0.05, 0.1) is 0 Å². The lowest BCUT2D eigenvalue weighted by Crippen LogP contribution is -2.56. The summed E-state index contributed by atoms with van der Waals surface area (Å²) in [5.74, 6) is 3.61. The summed E-state index contributed by atoms with van der Waals surface area (Å²) in [5.41, 5.74) is 1.73. The summed E-state index contributed by atoms with van der Waals surface area (Å²) in [4.78, 5) is 5.46.